The molecule has 0 aliphatic rings. The smallest absolute Gasteiger partial charge is 0.243 e. The molecule has 0 fully saturated rings. The van der Waals surface area contributed by atoms with E-state index in [0.717, 1.165) is 11.1 Å². The van der Waals surface area contributed by atoms with E-state index in [2.05, 4.69) is 0 Å². The summed E-state index contributed by atoms with van der Waals surface area (Å²) in [6, 6.07) is 6.37. The predicted molar refractivity (Wildman–Crippen MR) is 90.2 cm³/mol. The first-order valence-corrected chi connectivity index (χ1v) is 8.97. The molecule has 0 heterocycles. The Bertz CT molecular complexity index is 599. The van der Waals surface area contributed by atoms with Crippen LogP contribution in [0, 0.1) is 12.8 Å². The molecule has 1 aromatic carbocycles. The third-order valence-electron chi connectivity index (χ3n) is 3.63. The Morgan fingerprint density at radius 2 is 1.77 bits per heavy atom. The number of allylic oxidation sites excluding steroid dienone is 1. The number of aliphatic hydroxyl groups is 1. The molecule has 5 heteroatoms. The summed E-state index contributed by atoms with van der Waals surface area (Å²) >= 11 is 0. The Morgan fingerprint density at radius 3 is 2.18 bits per heavy atom. The average Bonchev–Trinajstić information content (AvgIpc) is 2.42. The summed E-state index contributed by atoms with van der Waals surface area (Å²) in [4.78, 5) is 0.263. The predicted octanol–water partition coefficient (Wildman–Crippen LogP) is 2.97. The molecule has 0 saturated carbocycles. The first-order chi connectivity index (χ1) is 10.2. The lowest BCUT2D eigenvalue weighted by Crippen LogP contribution is -2.45. The van der Waals surface area contributed by atoms with Crippen molar-refractivity contribution in [2.24, 2.45) is 5.92 Å². The van der Waals surface area contributed by atoms with E-state index in [1.165, 1.54) is 4.31 Å². The van der Waals surface area contributed by atoms with Gasteiger partial charge in [0.1, 0.15) is 0 Å². The van der Waals surface area contributed by atoms with Crippen LogP contribution in [-0.2, 0) is 10.0 Å². The molecule has 0 amide bonds. The van der Waals surface area contributed by atoms with Crippen LogP contribution in [0.1, 0.15) is 33.3 Å². The Morgan fingerprint density at radius 1 is 1.23 bits per heavy atom. The van der Waals surface area contributed by atoms with Crippen molar-refractivity contribution in [1.29, 1.82) is 0 Å². The number of aryl methyl sites for hydroxylation is 1. The molecular formula is C17H27NO3S. The van der Waals surface area contributed by atoms with Gasteiger partial charge in [-0.3, -0.25) is 0 Å². The normalized spacial score (nSPS) is 13.5. The van der Waals surface area contributed by atoms with Gasteiger partial charge in [0.2, 0.25) is 10.0 Å². The zero-order valence-electron chi connectivity index (χ0n) is 14.1. The molecule has 4 nitrogen and oxygen atoms in total. The van der Waals surface area contributed by atoms with Crippen LogP contribution in [0.3, 0.4) is 0 Å². The van der Waals surface area contributed by atoms with Crippen LogP contribution in [0.4, 0.5) is 0 Å². The van der Waals surface area contributed by atoms with E-state index < -0.39 is 16.1 Å². The van der Waals surface area contributed by atoms with Gasteiger partial charge in [0, 0.05) is 6.54 Å². The number of rotatable bonds is 7. The van der Waals surface area contributed by atoms with Crippen molar-refractivity contribution in [3.63, 3.8) is 0 Å². The van der Waals surface area contributed by atoms with Crippen LogP contribution < -0.4 is 0 Å². The van der Waals surface area contributed by atoms with E-state index >= 15 is 0 Å². The molecule has 1 N–H and O–H groups in total. The minimum atomic E-state index is -3.64. The van der Waals surface area contributed by atoms with Gasteiger partial charge in [-0.05, 0) is 38.8 Å². The molecule has 0 spiro atoms. The van der Waals surface area contributed by atoms with Gasteiger partial charge in [-0.1, -0.05) is 43.2 Å². The molecule has 1 rings (SSSR count). The largest absolute Gasteiger partial charge is 0.395 e. The third kappa shape index (κ3) is 4.66. The highest BCUT2D eigenvalue weighted by Crippen LogP contribution is 2.22. The van der Waals surface area contributed by atoms with Gasteiger partial charge in [0.05, 0.1) is 17.5 Å². The summed E-state index contributed by atoms with van der Waals surface area (Å²) in [5, 5.41) is 9.66. The van der Waals surface area contributed by atoms with Gasteiger partial charge in [-0.2, -0.15) is 4.31 Å². The number of hydrogen-bond donors (Lipinski definition) is 1. The SMILES string of the molecule is CC(C)=CCN([C@H](CO)C(C)C)S(=O)(=O)c1ccc(C)cc1. The van der Waals surface area contributed by atoms with E-state index in [0.29, 0.717) is 0 Å². The standard InChI is InChI=1S/C17H27NO3S/c1-13(2)10-11-18(17(12-19)14(3)4)22(20,21)16-8-6-15(5)7-9-16/h6-10,14,17,19H,11-12H2,1-5H3/t17-/m1/s1. The Labute approximate surface area is 134 Å². The number of benzene rings is 1. The minimum Gasteiger partial charge on any atom is -0.395 e. The number of sulfonamides is 1. The molecule has 124 valence electrons. The van der Waals surface area contributed by atoms with E-state index in [1.54, 1.807) is 24.3 Å². The molecule has 0 aliphatic carbocycles. The van der Waals surface area contributed by atoms with Crippen LogP contribution in [0.25, 0.3) is 0 Å². The molecule has 0 bridgehead atoms. The van der Waals surface area contributed by atoms with Crippen molar-refractivity contribution in [3.05, 3.63) is 41.5 Å². The summed E-state index contributed by atoms with van der Waals surface area (Å²) in [5.74, 6) is 0.0239. The zero-order valence-corrected chi connectivity index (χ0v) is 14.9. The zero-order chi connectivity index (χ0) is 16.9. The molecule has 1 aromatic rings. The van der Waals surface area contributed by atoms with Gasteiger partial charge < -0.3 is 5.11 Å². The molecule has 22 heavy (non-hydrogen) atoms. The number of hydrogen-bond acceptors (Lipinski definition) is 3. The summed E-state index contributed by atoms with van der Waals surface area (Å²) < 4.78 is 27.3. The van der Waals surface area contributed by atoms with E-state index in [1.807, 2.05) is 40.7 Å². The molecule has 0 saturated heterocycles. The first-order valence-electron chi connectivity index (χ1n) is 7.53. The van der Waals surface area contributed by atoms with E-state index in [-0.39, 0.29) is 24.0 Å². The second-order valence-corrected chi connectivity index (χ2v) is 8.05. The maximum atomic E-state index is 12.9. The third-order valence-corrected chi connectivity index (χ3v) is 5.54. The minimum absolute atomic E-state index is 0.0239. The molecule has 0 aromatic heterocycles. The van der Waals surface area contributed by atoms with Crippen LogP contribution in [-0.4, -0.2) is 37.0 Å². The topological polar surface area (TPSA) is 57.6 Å². The second kappa shape index (κ2) is 7.90. The fourth-order valence-corrected chi connectivity index (χ4v) is 3.85. The van der Waals surface area contributed by atoms with Crippen molar-refractivity contribution in [2.75, 3.05) is 13.2 Å². The van der Waals surface area contributed by atoms with Crippen molar-refractivity contribution >= 4 is 10.0 Å². The highest BCUT2D eigenvalue weighted by molar-refractivity contribution is 7.89. The second-order valence-electron chi connectivity index (χ2n) is 6.16. The number of aliphatic hydroxyl groups excluding tert-OH is 1. The van der Waals surface area contributed by atoms with Crippen LogP contribution in [0.5, 0.6) is 0 Å². The average molecular weight is 325 g/mol. The fraction of sp³-hybridized carbons (Fsp3) is 0.529. The van der Waals surface area contributed by atoms with Gasteiger partial charge in [-0.15, -0.1) is 0 Å². The van der Waals surface area contributed by atoms with E-state index in [4.69, 9.17) is 0 Å². The monoisotopic (exact) mass is 325 g/mol. The van der Waals surface area contributed by atoms with Crippen LogP contribution in [0.15, 0.2) is 40.8 Å². The first kappa shape index (κ1) is 18.9. The Kier molecular flexibility index (Phi) is 6.78. The maximum absolute atomic E-state index is 12.9. The highest BCUT2D eigenvalue weighted by atomic mass is 32.2. The van der Waals surface area contributed by atoms with Gasteiger partial charge in [0.15, 0.2) is 0 Å². The lowest BCUT2D eigenvalue weighted by atomic mass is 10.1. The van der Waals surface area contributed by atoms with Gasteiger partial charge >= 0.3 is 0 Å². The quantitative estimate of drug-likeness (QED) is 0.784. The maximum Gasteiger partial charge on any atom is 0.243 e. The lowest BCUT2D eigenvalue weighted by molar-refractivity contribution is 0.159. The summed E-state index contributed by atoms with van der Waals surface area (Å²) in [5.41, 5.74) is 2.06. The van der Waals surface area contributed by atoms with Crippen molar-refractivity contribution in [1.82, 2.24) is 4.31 Å². The van der Waals surface area contributed by atoms with Crippen LogP contribution in [0.2, 0.25) is 0 Å². The molecule has 0 aliphatic heterocycles. The van der Waals surface area contributed by atoms with Crippen molar-refractivity contribution in [3.8, 4) is 0 Å². The lowest BCUT2D eigenvalue weighted by Gasteiger charge is -2.31. The molecule has 0 unspecified atom stereocenters. The van der Waals surface area contributed by atoms with Gasteiger partial charge in [0.25, 0.3) is 0 Å². The van der Waals surface area contributed by atoms with Crippen molar-refractivity contribution < 1.29 is 13.5 Å². The van der Waals surface area contributed by atoms with Gasteiger partial charge in [-0.25, -0.2) is 8.42 Å². The Hall–Kier alpha value is -1.17. The summed E-state index contributed by atoms with van der Waals surface area (Å²) in [6.07, 6.45) is 1.87. The summed E-state index contributed by atoms with van der Waals surface area (Å²) in [7, 11) is -3.64. The molecule has 1 atom stereocenters. The van der Waals surface area contributed by atoms with E-state index in [9.17, 15) is 13.5 Å². The molecule has 0 radical (unpaired) electrons. The summed E-state index contributed by atoms with van der Waals surface area (Å²) in [6.45, 7) is 9.69. The number of nitrogens with zero attached hydrogens (tertiary/aromatic N) is 1. The fourth-order valence-electron chi connectivity index (χ4n) is 2.16. The molecular weight excluding hydrogens is 298 g/mol. The Balaban J connectivity index is 3.28. The van der Waals surface area contributed by atoms with Crippen molar-refractivity contribution in [2.45, 2.75) is 45.6 Å². The highest BCUT2D eigenvalue weighted by Gasteiger charge is 2.32. The van der Waals surface area contributed by atoms with Crippen LogP contribution >= 0.6 is 0 Å².